The molecule has 1 N–H and O–H groups in total. The zero-order valence-electron chi connectivity index (χ0n) is 15.0. The molecule has 3 rings (SSSR count). The summed E-state index contributed by atoms with van der Waals surface area (Å²) in [6, 6.07) is 10.8. The standard InChI is InChI=1S/C19H21N3O3S/c1-12(2)8-18(23)21-15-6-4-5-7-16(15)26-11-14-10-19(24)22-17(20-14)9-13(3)25-22/h4-7,9-10,12H,8,11H2,1-3H3,(H,21,23). The summed E-state index contributed by atoms with van der Waals surface area (Å²) in [5.41, 5.74) is 1.71. The molecule has 136 valence electrons. The number of rotatable bonds is 6. The lowest BCUT2D eigenvalue weighted by atomic mass is 10.1. The Hall–Kier alpha value is -2.54. The Bertz CT molecular complexity index is 991. The Kier molecular flexibility index (Phi) is 5.46. The van der Waals surface area contributed by atoms with Crippen LogP contribution < -0.4 is 10.9 Å². The number of nitrogens with one attached hydrogen (secondary N) is 1. The molecule has 1 aromatic carbocycles. The van der Waals surface area contributed by atoms with Crippen molar-refractivity contribution in [1.29, 1.82) is 0 Å². The molecule has 7 heteroatoms. The predicted molar refractivity (Wildman–Crippen MR) is 103 cm³/mol. The minimum atomic E-state index is -0.239. The van der Waals surface area contributed by atoms with Crippen LogP contribution in [-0.2, 0) is 10.5 Å². The molecule has 0 saturated carbocycles. The van der Waals surface area contributed by atoms with Gasteiger partial charge < -0.3 is 9.84 Å². The lowest BCUT2D eigenvalue weighted by molar-refractivity contribution is -0.116. The van der Waals surface area contributed by atoms with E-state index in [-0.39, 0.29) is 11.5 Å². The summed E-state index contributed by atoms with van der Waals surface area (Å²) in [4.78, 5) is 29.6. The minimum absolute atomic E-state index is 0.000267. The molecule has 26 heavy (non-hydrogen) atoms. The smallest absolute Gasteiger partial charge is 0.287 e. The van der Waals surface area contributed by atoms with Crippen LogP contribution in [0.2, 0.25) is 0 Å². The normalized spacial score (nSPS) is 11.2. The van der Waals surface area contributed by atoms with Gasteiger partial charge in [0.15, 0.2) is 5.65 Å². The Labute approximate surface area is 155 Å². The summed E-state index contributed by atoms with van der Waals surface area (Å²) < 4.78 is 6.48. The molecular formula is C19H21N3O3S. The maximum absolute atomic E-state index is 12.1. The number of carbonyl (C=O) groups is 1. The number of benzene rings is 1. The molecule has 0 radical (unpaired) electrons. The van der Waals surface area contributed by atoms with E-state index in [1.54, 1.807) is 13.0 Å². The number of hydrogen-bond donors (Lipinski definition) is 1. The first-order valence-electron chi connectivity index (χ1n) is 8.43. The van der Waals surface area contributed by atoms with Crippen LogP contribution in [-0.4, -0.2) is 15.5 Å². The van der Waals surface area contributed by atoms with Gasteiger partial charge in [-0.3, -0.25) is 9.59 Å². The Balaban J connectivity index is 1.76. The van der Waals surface area contributed by atoms with Crippen LogP contribution in [0.5, 0.6) is 0 Å². The van der Waals surface area contributed by atoms with Crippen molar-refractivity contribution < 1.29 is 9.32 Å². The van der Waals surface area contributed by atoms with E-state index in [0.717, 1.165) is 10.6 Å². The van der Waals surface area contributed by atoms with E-state index in [0.29, 0.717) is 35.2 Å². The summed E-state index contributed by atoms with van der Waals surface area (Å²) >= 11 is 1.53. The average molecular weight is 371 g/mol. The highest BCUT2D eigenvalue weighted by Crippen LogP contribution is 2.29. The van der Waals surface area contributed by atoms with Crippen LogP contribution in [0, 0.1) is 12.8 Å². The van der Waals surface area contributed by atoms with E-state index >= 15 is 0 Å². The number of amides is 1. The van der Waals surface area contributed by atoms with E-state index in [2.05, 4.69) is 10.3 Å². The number of aryl methyl sites for hydroxylation is 1. The molecule has 0 saturated heterocycles. The third kappa shape index (κ3) is 4.35. The summed E-state index contributed by atoms with van der Waals surface area (Å²) in [6.45, 7) is 5.80. The largest absolute Gasteiger partial charge is 0.375 e. The van der Waals surface area contributed by atoms with Gasteiger partial charge in [0.25, 0.3) is 5.56 Å². The van der Waals surface area contributed by atoms with Gasteiger partial charge in [-0.15, -0.1) is 16.3 Å². The lowest BCUT2D eigenvalue weighted by Gasteiger charge is -2.11. The molecule has 3 aromatic rings. The molecule has 0 aliphatic heterocycles. The van der Waals surface area contributed by atoms with Crippen LogP contribution in [0.4, 0.5) is 5.69 Å². The molecule has 0 unspecified atom stereocenters. The highest BCUT2D eigenvalue weighted by atomic mass is 32.2. The Morgan fingerprint density at radius 1 is 1.31 bits per heavy atom. The summed E-state index contributed by atoms with van der Waals surface area (Å²) in [7, 11) is 0. The van der Waals surface area contributed by atoms with Crippen LogP contribution in [0.1, 0.15) is 31.7 Å². The van der Waals surface area contributed by atoms with Crippen LogP contribution in [0.15, 0.2) is 50.6 Å². The van der Waals surface area contributed by atoms with Crippen LogP contribution >= 0.6 is 11.8 Å². The van der Waals surface area contributed by atoms with E-state index in [4.69, 9.17) is 4.52 Å². The van der Waals surface area contributed by atoms with Crippen molar-refractivity contribution in [2.24, 2.45) is 5.92 Å². The van der Waals surface area contributed by atoms with Gasteiger partial charge in [-0.25, -0.2) is 4.98 Å². The second-order valence-electron chi connectivity index (χ2n) is 6.52. The van der Waals surface area contributed by atoms with Crippen LogP contribution in [0.3, 0.4) is 0 Å². The summed E-state index contributed by atoms with van der Waals surface area (Å²) in [6.07, 6.45) is 0.480. The van der Waals surface area contributed by atoms with Crippen molar-refractivity contribution in [2.45, 2.75) is 37.8 Å². The van der Waals surface area contributed by atoms with E-state index < -0.39 is 0 Å². The average Bonchev–Trinajstić information content (AvgIpc) is 2.94. The van der Waals surface area contributed by atoms with Gasteiger partial charge >= 0.3 is 0 Å². The number of aromatic nitrogens is 2. The van der Waals surface area contributed by atoms with Gasteiger partial charge in [0.1, 0.15) is 5.76 Å². The molecule has 0 aliphatic carbocycles. The van der Waals surface area contributed by atoms with Crippen molar-refractivity contribution in [1.82, 2.24) is 9.56 Å². The number of fused-ring (bicyclic) bond motifs is 1. The van der Waals surface area contributed by atoms with Crippen molar-refractivity contribution in [2.75, 3.05) is 5.32 Å². The zero-order valence-corrected chi connectivity index (χ0v) is 15.8. The number of nitrogens with zero attached hydrogens (tertiary/aromatic N) is 2. The number of hydrogen-bond acceptors (Lipinski definition) is 5. The molecule has 2 heterocycles. The number of thioether (sulfide) groups is 1. The van der Waals surface area contributed by atoms with E-state index in [9.17, 15) is 9.59 Å². The second-order valence-corrected chi connectivity index (χ2v) is 7.53. The Morgan fingerprint density at radius 3 is 2.85 bits per heavy atom. The minimum Gasteiger partial charge on any atom is -0.375 e. The van der Waals surface area contributed by atoms with Gasteiger partial charge in [0.2, 0.25) is 5.91 Å². The number of para-hydroxylation sites is 1. The fourth-order valence-electron chi connectivity index (χ4n) is 2.57. The van der Waals surface area contributed by atoms with Crippen molar-refractivity contribution in [3.05, 3.63) is 58.2 Å². The SMILES string of the molecule is Cc1cc2nc(CSc3ccccc3NC(=O)CC(C)C)cc(=O)n2o1. The van der Waals surface area contributed by atoms with Gasteiger partial charge in [-0.05, 0) is 25.0 Å². The molecule has 0 fully saturated rings. The predicted octanol–water partition coefficient (Wildman–Crippen LogP) is 3.87. The molecule has 1 amide bonds. The van der Waals surface area contributed by atoms with Gasteiger partial charge in [0, 0.05) is 29.2 Å². The third-order valence-corrected chi connectivity index (χ3v) is 4.76. The van der Waals surface area contributed by atoms with Crippen molar-refractivity contribution in [3.63, 3.8) is 0 Å². The Morgan fingerprint density at radius 2 is 2.08 bits per heavy atom. The molecule has 0 atom stereocenters. The third-order valence-electron chi connectivity index (χ3n) is 3.65. The molecule has 2 aromatic heterocycles. The first-order valence-corrected chi connectivity index (χ1v) is 9.42. The first kappa shape index (κ1) is 18.3. The second kappa shape index (κ2) is 7.78. The van der Waals surface area contributed by atoms with Gasteiger partial charge in [0.05, 0.1) is 11.4 Å². The lowest BCUT2D eigenvalue weighted by Crippen LogP contribution is -2.14. The molecule has 0 aliphatic rings. The van der Waals surface area contributed by atoms with E-state index in [1.807, 2.05) is 38.1 Å². The van der Waals surface area contributed by atoms with Crippen molar-refractivity contribution >= 4 is 29.0 Å². The molecular weight excluding hydrogens is 350 g/mol. The molecule has 0 spiro atoms. The van der Waals surface area contributed by atoms with Gasteiger partial charge in [-0.1, -0.05) is 26.0 Å². The quantitative estimate of drug-likeness (QED) is 0.666. The van der Waals surface area contributed by atoms with Crippen LogP contribution in [0.25, 0.3) is 5.65 Å². The number of anilines is 1. The fourth-order valence-corrected chi connectivity index (χ4v) is 3.47. The highest BCUT2D eigenvalue weighted by molar-refractivity contribution is 7.98. The fraction of sp³-hybridized carbons (Fsp3) is 0.316. The number of carbonyl (C=O) groups excluding carboxylic acids is 1. The van der Waals surface area contributed by atoms with Crippen molar-refractivity contribution in [3.8, 4) is 0 Å². The first-order chi connectivity index (χ1) is 12.4. The summed E-state index contributed by atoms with van der Waals surface area (Å²) in [5, 5.41) is 2.96. The monoisotopic (exact) mass is 371 g/mol. The van der Waals surface area contributed by atoms with Gasteiger partial charge in [-0.2, -0.15) is 0 Å². The maximum atomic E-state index is 12.1. The maximum Gasteiger partial charge on any atom is 0.287 e. The highest BCUT2D eigenvalue weighted by Gasteiger charge is 2.11. The molecule has 6 nitrogen and oxygen atoms in total. The zero-order chi connectivity index (χ0) is 18.7. The molecule has 0 bridgehead atoms. The summed E-state index contributed by atoms with van der Waals surface area (Å²) in [5.74, 6) is 1.46. The van der Waals surface area contributed by atoms with E-state index in [1.165, 1.54) is 22.4 Å². The topological polar surface area (TPSA) is 76.6 Å².